The van der Waals surface area contributed by atoms with Crippen LogP contribution in [-0.2, 0) is 4.74 Å². The molecule has 2 fully saturated rings. The van der Waals surface area contributed by atoms with Gasteiger partial charge in [-0.25, -0.2) is 9.67 Å². The summed E-state index contributed by atoms with van der Waals surface area (Å²) in [6, 6.07) is 8.76. The summed E-state index contributed by atoms with van der Waals surface area (Å²) >= 11 is 0. The van der Waals surface area contributed by atoms with Gasteiger partial charge < -0.3 is 9.30 Å². The fourth-order valence-electron chi connectivity index (χ4n) is 4.65. The Bertz CT molecular complexity index is 906. The Morgan fingerprint density at radius 1 is 1.15 bits per heavy atom. The zero-order chi connectivity index (χ0) is 17.6. The third-order valence-corrected chi connectivity index (χ3v) is 5.99. The number of hydrogen-bond acceptors (Lipinski definition) is 3. The van der Waals surface area contributed by atoms with Crippen molar-refractivity contribution in [3.8, 4) is 17.1 Å². The van der Waals surface area contributed by atoms with Crippen LogP contribution in [0.25, 0.3) is 17.1 Å². The van der Waals surface area contributed by atoms with Crippen molar-refractivity contribution in [2.24, 2.45) is 0 Å². The number of benzene rings is 1. The van der Waals surface area contributed by atoms with Crippen LogP contribution in [0.2, 0.25) is 0 Å². The molecule has 0 bridgehead atoms. The van der Waals surface area contributed by atoms with Gasteiger partial charge in [0.25, 0.3) is 0 Å². The van der Waals surface area contributed by atoms with Gasteiger partial charge in [0.05, 0.1) is 23.9 Å². The number of hydrogen-bond donors (Lipinski definition) is 0. The van der Waals surface area contributed by atoms with Crippen LogP contribution in [-0.4, -0.2) is 31.5 Å². The third kappa shape index (κ3) is 2.58. The molecule has 5 rings (SSSR count). The van der Waals surface area contributed by atoms with E-state index >= 15 is 0 Å². The molecule has 26 heavy (non-hydrogen) atoms. The van der Waals surface area contributed by atoms with Crippen molar-refractivity contribution in [1.29, 1.82) is 0 Å². The van der Waals surface area contributed by atoms with Gasteiger partial charge in [-0.05, 0) is 56.0 Å². The molecule has 1 aliphatic carbocycles. The fraction of sp³-hybridized carbons (Fsp3) is 0.429. The molecule has 0 N–H and O–H groups in total. The molecule has 5 nitrogen and oxygen atoms in total. The van der Waals surface area contributed by atoms with Gasteiger partial charge in [-0.3, -0.25) is 0 Å². The molecule has 1 atom stereocenters. The van der Waals surface area contributed by atoms with Crippen LogP contribution in [0.5, 0.6) is 0 Å². The zero-order valence-electron chi connectivity index (χ0n) is 15.1. The Balaban J connectivity index is 1.46. The molecule has 1 saturated heterocycles. The summed E-state index contributed by atoms with van der Waals surface area (Å²) in [5, 5.41) is 4.32. The minimum absolute atomic E-state index is 0.130. The van der Waals surface area contributed by atoms with E-state index in [0.29, 0.717) is 6.04 Å². The largest absolute Gasteiger partial charge is 0.373 e. The standard InChI is InChI=1S/C21H24N4O/c1-16-13-17(25-11-4-9-23-25)5-6-19(16)20-22-10-12-24(20)18-14-21(26-15-18)7-2-3-8-21/h4-6,9-13,18H,2-3,7-8,14-15H2,1H3/t18-/m1/s1. The highest BCUT2D eigenvalue weighted by atomic mass is 16.5. The van der Waals surface area contributed by atoms with Crippen LogP contribution in [0.1, 0.15) is 43.7 Å². The molecular weight excluding hydrogens is 324 g/mol. The molecule has 5 heteroatoms. The lowest BCUT2D eigenvalue weighted by atomic mass is 9.96. The molecule has 3 heterocycles. The molecule has 0 amide bonds. The molecular formula is C21H24N4O. The zero-order valence-corrected chi connectivity index (χ0v) is 15.1. The summed E-state index contributed by atoms with van der Waals surface area (Å²) in [5.41, 5.74) is 3.59. The number of nitrogens with zero attached hydrogens (tertiary/aromatic N) is 4. The Kier molecular flexibility index (Phi) is 3.71. The highest BCUT2D eigenvalue weighted by molar-refractivity contribution is 5.63. The van der Waals surface area contributed by atoms with E-state index in [1.54, 1.807) is 6.20 Å². The Morgan fingerprint density at radius 2 is 2.04 bits per heavy atom. The lowest BCUT2D eigenvalue weighted by Gasteiger charge is -2.22. The van der Waals surface area contributed by atoms with Gasteiger partial charge in [-0.2, -0.15) is 5.10 Å². The summed E-state index contributed by atoms with van der Waals surface area (Å²) in [6.07, 6.45) is 13.9. The maximum Gasteiger partial charge on any atom is 0.140 e. The van der Waals surface area contributed by atoms with E-state index in [1.807, 2.05) is 23.1 Å². The third-order valence-electron chi connectivity index (χ3n) is 5.99. The summed E-state index contributed by atoms with van der Waals surface area (Å²) < 4.78 is 10.5. The second kappa shape index (κ2) is 6.09. The minimum Gasteiger partial charge on any atom is -0.373 e. The molecule has 1 spiro atoms. The van der Waals surface area contributed by atoms with Crippen molar-refractivity contribution in [2.75, 3.05) is 6.61 Å². The quantitative estimate of drug-likeness (QED) is 0.708. The number of aromatic nitrogens is 4. The van der Waals surface area contributed by atoms with Crippen molar-refractivity contribution < 1.29 is 4.74 Å². The predicted molar refractivity (Wildman–Crippen MR) is 100 cm³/mol. The molecule has 1 aliphatic heterocycles. The van der Waals surface area contributed by atoms with E-state index in [4.69, 9.17) is 4.74 Å². The van der Waals surface area contributed by atoms with Crippen LogP contribution in [0.3, 0.4) is 0 Å². The fourth-order valence-corrected chi connectivity index (χ4v) is 4.65. The van der Waals surface area contributed by atoms with Gasteiger partial charge in [0, 0.05) is 30.4 Å². The number of rotatable bonds is 3. The first-order chi connectivity index (χ1) is 12.7. The molecule has 1 saturated carbocycles. The average molecular weight is 348 g/mol. The summed E-state index contributed by atoms with van der Waals surface area (Å²) in [4.78, 5) is 4.68. The van der Waals surface area contributed by atoms with Crippen molar-refractivity contribution in [1.82, 2.24) is 19.3 Å². The van der Waals surface area contributed by atoms with E-state index in [0.717, 1.165) is 24.5 Å². The first-order valence-corrected chi connectivity index (χ1v) is 9.52. The Hall–Kier alpha value is -2.40. The number of ether oxygens (including phenoxy) is 1. The van der Waals surface area contributed by atoms with Gasteiger partial charge in [0.15, 0.2) is 0 Å². The van der Waals surface area contributed by atoms with Crippen LogP contribution in [0, 0.1) is 6.92 Å². The van der Waals surface area contributed by atoms with E-state index in [1.165, 1.54) is 36.8 Å². The second-order valence-electron chi connectivity index (χ2n) is 7.67. The van der Waals surface area contributed by atoms with Crippen LogP contribution in [0.4, 0.5) is 0 Å². The van der Waals surface area contributed by atoms with Crippen LogP contribution < -0.4 is 0 Å². The van der Waals surface area contributed by atoms with E-state index in [-0.39, 0.29) is 5.60 Å². The minimum atomic E-state index is 0.130. The lowest BCUT2D eigenvalue weighted by molar-refractivity contribution is 0.00960. The first-order valence-electron chi connectivity index (χ1n) is 9.52. The molecule has 3 aromatic rings. The monoisotopic (exact) mass is 348 g/mol. The van der Waals surface area contributed by atoms with E-state index in [9.17, 15) is 0 Å². The van der Waals surface area contributed by atoms with Gasteiger partial charge >= 0.3 is 0 Å². The molecule has 0 radical (unpaired) electrons. The normalized spacial score (nSPS) is 21.7. The van der Waals surface area contributed by atoms with E-state index < -0.39 is 0 Å². The summed E-state index contributed by atoms with van der Waals surface area (Å²) in [5.74, 6) is 1.04. The van der Waals surface area contributed by atoms with Crippen molar-refractivity contribution in [3.05, 3.63) is 54.6 Å². The SMILES string of the molecule is Cc1cc(-n2cccn2)ccc1-c1nccn1[C@H]1COC2(CCCC2)C1. The lowest BCUT2D eigenvalue weighted by Crippen LogP contribution is -2.23. The maximum atomic E-state index is 6.27. The topological polar surface area (TPSA) is 44.9 Å². The van der Waals surface area contributed by atoms with Crippen LogP contribution in [0.15, 0.2) is 49.1 Å². The number of imidazole rings is 1. The molecule has 0 unspecified atom stereocenters. The van der Waals surface area contributed by atoms with E-state index in [2.05, 4.69) is 46.0 Å². The molecule has 2 aliphatic rings. The molecule has 2 aromatic heterocycles. The maximum absolute atomic E-state index is 6.27. The molecule has 134 valence electrons. The highest BCUT2D eigenvalue weighted by Gasteiger charge is 2.43. The van der Waals surface area contributed by atoms with Crippen molar-refractivity contribution >= 4 is 0 Å². The van der Waals surface area contributed by atoms with Crippen LogP contribution >= 0.6 is 0 Å². The highest BCUT2D eigenvalue weighted by Crippen LogP contribution is 2.45. The van der Waals surface area contributed by atoms with Gasteiger partial charge in [0.1, 0.15) is 5.82 Å². The molecule has 1 aromatic carbocycles. The smallest absolute Gasteiger partial charge is 0.140 e. The van der Waals surface area contributed by atoms with Crippen molar-refractivity contribution in [3.63, 3.8) is 0 Å². The predicted octanol–water partition coefficient (Wildman–Crippen LogP) is 4.32. The summed E-state index contributed by atoms with van der Waals surface area (Å²) in [6.45, 7) is 2.94. The number of aryl methyl sites for hydroxylation is 1. The summed E-state index contributed by atoms with van der Waals surface area (Å²) in [7, 11) is 0. The van der Waals surface area contributed by atoms with Gasteiger partial charge in [0.2, 0.25) is 0 Å². The first kappa shape index (κ1) is 15.8. The van der Waals surface area contributed by atoms with Gasteiger partial charge in [-0.1, -0.05) is 12.8 Å². The van der Waals surface area contributed by atoms with Crippen molar-refractivity contribution in [2.45, 2.75) is 50.7 Å². The Morgan fingerprint density at radius 3 is 2.81 bits per heavy atom. The Labute approximate surface area is 153 Å². The van der Waals surface area contributed by atoms with Gasteiger partial charge in [-0.15, -0.1) is 0 Å². The average Bonchev–Trinajstić information content (AvgIpc) is 3.45. The second-order valence-corrected chi connectivity index (χ2v) is 7.67.